The maximum absolute atomic E-state index is 5.49. The van der Waals surface area contributed by atoms with Gasteiger partial charge in [-0.3, -0.25) is 0 Å². The molecule has 2 heteroatoms. The molecule has 2 atom stereocenters. The molecule has 0 radical (unpaired) electrons. The maximum atomic E-state index is 5.49. The van der Waals surface area contributed by atoms with Crippen molar-refractivity contribution in [2.24, 2.45) is 11.7 Å². The molecule has 0 amide bonds. The van der Waals surface area contributed by atoms with Crippen LogP contribution in [-0.2, 0) is 0 Å². The van der Waals surface area contributed by atoms with Crippen molar-refractivity contribution in [1.29, 1.82) is 0 Å². The van der Waals surface area contributed by atoms with Crippen LogP contribution in [0.15, 0.2) is 0 Å². The van der Waals surface area contributed by atoms with Crippen molar-refractivity contribution < 1.29 is 0 Å². The highest BCUT2D eigenvalue weighted by molar-refractivity contribution is 4.76. The van der Waals surface area contributed by atoms with E-state index in [9.17, 15) is 0 Å². The third-order valence-corrected chi connectivity index (χ3v) is 4.25. The van der Waals surface area contributed by atoms with Gasteiger partial charge in [0, 0.05) is 6.04 Å². The highest BCUT2D eigenvalue weighted by Crippen LogP contribution is 2.26. The Labute approximate surface area is 108 Å². The molecule has 17 heavy (non-hydrogen) atoms. The Bertz CT molecular complexity index is 182. The molecule has 2 nitrogen and oxygen atoms in total. The van der Waals surface area contributed by atoms with Crippen molar-refractivity contribution in [1.82, 2.24) is 4.90 Å². The van der Waals surface area contributed by atoms with E-state index >= 15 is 0 Å². The minimum atomic E-state index is 0.861. The Morgan fingerprint density at radius 2 is 1.76 bits per heavy atom. The van der Waals surface area contributed by atoms with E-state index in [0.717, 1.165) is 18.5 Å². The lowest BCUT2D eigenvalue weighted by atomic mass is 9.86. The van der Waals surface area contributed by atoms with Gasteiger partial charge in [-0.2, -0.15) is 0 Å². The van der Waals surface area contributed by atoms with Crippen molar-refractivity contribution in [3.05, 3.63) is 0 Å². The average molecular weight is 240 g/mol. The Morgan fingerprint density at radius 3 is 2.47 bits per heavy atom. The predicted octanol–water partition coefficient (Wildman–Crippen LogP) is 3.41. The summed E-state index contributed by atoms with van der Waals surface area (Å²) < 4.78 is 0. The van der Waals surface area contributed by atoms with E-state index in [2.05, 4.69) is 18.9 Å². The Morgan fingerprint density at radius 1 is 1.06 bits per heavy atom. The summed E-state index contributed by atoms with van der Waals surface area (Å²) in [6.07, 6.45) is 12.4. The fraction of sp³-hybridized carbons (Fsp3) is 1.00. The second-order valence-corrected chi connectivity index (χ2v) is 5.96. The molecule has 102 valence electrons. The number of nitrogens with zero attached hydrogens (tertiary/aromatic N) is 1. The topological polar surface area (TPSA) is 29.3 Å². The molecule has 1 fully saturated rings. The van der Waals surface area contributed by atoms with Gasteiger partial charge in [0.1, 0.15) is 0 Å². The lowest BCUT2D eigenvalue weighted by Gasteiger charge is -2.34. The average Bonchev–Trinajstić information content (AvgIpc) is 2.33. The Hall–Kier alpha value is -0.0800. The van der Waals surface area contributed by atoms with Gasteiger partial charge in [-0.25, -0.2) is 0 Å². The van der Waals surface area contributed by atoms with Crippen LogP contribution in [0, 0.1) is 5.92 Å². The number of unbranched alkanes of at least 4 members (excludes halogenated alkanes) is 4. The minimum absolute atomic E-state index is 0.861. The summed E-state index contributed by atoms with van der Waals surface area (Å²) in [4.78, 5) is 2.61. The van der Waals surface area contributed by atoms with Gasteiger partial charge in [-0.05, 0) is 51.7 Å². The highest BCUT2D eigenvalue weighted by Gasteiger charge is 2.21. The first kappa shape index (κ1) is 15.0. The number of hydrogen-bond donors (Lipinski definition) is 1. The van der Waals surface area contributed by atoms with Crippen LogP contribution < -0.4 is 5.73 Å². The van der Waals surface area contributed by atoms with Gasteiger partial charge in [0.2, 0.25) is 0 Å². The van der Waals surface area contributed by atoms with Gasteiger partial charge in [-0.1, -0.05) is 39.0 Å². The summed E-state index contributed by atoms with van der Waals surface area (Å²) in [5, 5.41) is 0. The quantitative estimate of drug-likeness (QED) is 0.659. The molecule has 1 aliphatic rings. The Balaban J connectivity index is 2.02. The molecule has 0 aliphatic heterocycles. The molecular weight excluding hydrogens is 208 g/mol. The van der Waals surface area contributed by atoms with Gasteiger partial charge < -0.3 is 10.6 Å². The third-order valence-electron chi connectivity index (χ3n) is 4.25. The van der Waals surface area contributed by atoms with Crippen molar-refractivity contribution in [3.8, 4) is 0 Å². The van der Waals surface area contributed by atoms with Gasteiger partial charge >= 0.3 is 0 Å². The smallest absolute Gasteiger partial charge is 0.00947 e. The molecule has 0 aromatic heterocycles. The highest BCUT2D eigenvalue weighted by atomic mass is 15.1. The molecule has 0 spiro atoms. The zero-order valence-electron chi connectivity index (χ0n) is 12.0. The third kappa shape index (κ3) is 6.42. The molecule has 0 bridgehead atoms. The lowest BCUT2D eigenvalue weighted by molar-refractivity contribution is 0.161. The summed E-state index contributed by atoms with van der Waals surface area (Å²) in [5.74, 6) is 0.945. The second-order valence-electron chi connectivity index (χ2n) is 5.96. The zero-order chi connectivity index (χ0) is 12.5. The predicted molar refractivity (Wildman–Crippen MR) is 76.2 cm³/mol. The molecule has 0 aromatic carbocycles. The van der Waals surface area contributed by atoms with Crippen molar-refractivity contribution in [2.45, 2.75) is 70.8 Å². The van der Waals surface area contributed by atoms with E-state index in [1.165, 1.54) is 64.3 Å². The Kier molecular flexibility index (Phi) is 7.87. The molecule has 0 saturated heterocycles. The fourth-order valence-corrected chi connectivity index (χ4v) is 3.02. The minimum Gasteiger partial charge on any atom is -0.330 e. The standard InChI is InChI=1S/C15H32N2/c1-14-9-8-10-15(13-14)17(2)12-7-5-3-4-6-11-16/h14-15H,3-13,16H2,1-2H3. The van der Waals surface area contributed by atoms with E-state index in [4.69, 9.17) is 5.73 Å². The SMILES string of the molecule is CC1CCCC(N(C)CCCCCCCN)C1. The molecule has 2 N–H and O–H groups in total. The van der Waals surface area contributed by atoms with Gasteiger partial charge in [0.15, 0.2) is 0 Å². The fourth-order valence-electron chi connectivity index (χ4n) is 3.02. The zero-order valence-corrected chi connectivity index (χ0v) is 12.0. The molecule has 0 heterocycles. The summed E-state index contributed by atoms with van der Waals surface area (Å²) in [6, 6.07) is 0.864. The van der Waals surface area contributed by atoms with Crippen molar-refractivity contribution in [3.63, 3.8) is 0 Å². The van der Waals surface area contributed by atoms with Crippen LogP contribution in [-0.4, -0.2) is 31.1 Å². The molecular formula is C15H32N2. The van der Waals surface area contributed by atoms with E-state index in [1.54, 1.807) is 0 Å². The van der Waals surface area contributed by atoms with Crippen molar-refractivity contribution in [2.75, 3.05) is 20.1 Å². The largest absolute Gasteiger partial charge is 0.330 e. The second kappa shape index (κ2) is 8.93. The van der Waals surface area contributed by atoms with Crippen LogP contribution in [0.1, 0.15) is 64.7 Å². The number of nitrogens with two attached hydrogens (primary N) is 1. The van der Waals surface area contributed by atoms with Crippen LogP contribution in [0.5, 0.6) is 0 Å². The summed E-state index contributed by atoms with van der Waals surface area (Å²) >= 11 is 0. The normalized spacial score (nSPS) is 25.4. The van der Waals surface area contributed by atoms with Gasteiger partial charge in [0.05, 0.1) is 0 Å². The van der Waals surface area contributed by atoms with E-state index in [1.807, 2.05) is 0 Å². The van der Waals surface area contributed by atoms with Crippen LogP contribution in [0.4, 0.5) is 0 Å². The van der Waals surface area contributed by atoms with Crippen LogP contribution >= 0.6 is 0 Å². The van der Waals surface area contributed by atoms with Crippen LogP contribution in [0.3, 0.4) is 0 Å². The first-order valence-electron chi connectivity index (χ1n) is 7.64. The first-order chi connectivity index (χ1) is 8.24. The van der Waals surface area contributed by atoms with E-state index < -0.39 is 0 Å². The van der Waals surface area contributed by atoms with E-state index in [-0.39, 0.29) is 0 Å². The lowest BCUT2D eigenvalue weighted by Crippen LogP contribution is -2.36. The van der Waals surface area contributed by atoms with E-state index in [0.29, 0.717) is 0 Å². The van der Waals surface area contributed by atoms with Gasteiger partial charge in [-0.15, -0.1) is 0 Å². The molecule has 1 aliphatic carbocycles. The maximum Gasteiger partial charge on any atom is 0.00947 e. The first-order valence-corrected chi connectivity index (χ1v) is 7.64. The van der Waals surface area contributed by atoms with Gasteiger partial charge in [0.25, 0.3) is 0 Å². The number of rotatable bonds is 8. The number of hydrogen-bond acceptors (Lipinski definition) is 2. The molecule has 1 rings (SSSR count). The summed E-state index contributed by atoms with van der Waals surface area (Å²) in [7, 11) is 2.32. The van der Waals surface area contributed by atoms with Crippen LogP contribution in [0.2, 0.25) is 0 Å². The summed E-state index contributed by atoms with van der Waals surface area (Å²) in [5.41, 5.74) is 5.49. The molecule has 2 unspecified atom stereocenters. The molecule has 0 aromatic rings. The summed E-state index contributed by atoms with van der Waals surface area (Å²) in [6.45, 7) is 4.56. The van der Waals surface area contributed by atoms with Crippen molar-refractivity contribution >= 4 is 0 Å². The molecule has 1 saturated carbocycles. The monoisotopic (exact) mass is 240 g/mol. The van der Waals surface area contributed by atoms with Crippen LogP contribution in [0.25, 0.3) is 0 Å².